The number of benzene rings is 2. The van der Waals surface area contributed by atoms with Crippen molar-refractivity contribution in [1.29, 1.82) is 0 Å². The lowest BCUT2D eigenvalue weighted by Gasteiger charge is -2.15. The Kier molecular flexibility index (Phi) is 5.93. The van der Waals surface area contributed by atoms with Gasteiger partial charge in [0.1, 0.15) is 11.5 Å². The monoisotopic (exact) mass is 331 g/mol. The molecule has 0 heterocycles. The lowest BCUT2D eigenvalue weighted by atomic mass is 10.2. The molecule has 0 radical (unpaired) electrons. The molecule has 0 saturated heterocycles. The number of rotatable bonds is 6. The fourth-order valence-corrected chi connectivity index (χ4v) is 2.93. The minimum atomic E-state index is -0.228. The molecule has 0 spiro atoms. The van der Waals surface area contributed by atoms with Gasteiger partial charge in [-0.3, -0.25) is 4.79 Å². The third kappa shape index (κ3) is 4.66. The minimum absolute atomic E-state index is 0.0604. The number of hydrogen-bond acceptors (Lipinski definition) is 4. The maximum absolute atomic E-state index is 12.4. The van der Waals surface area contributed by atoms with Crippen LogP contribution in [0.15, 0.2) is 47.4 Å². The van der Waals surface area contributed by atoms with Crippen LogP contribution >= 0.6 is 11.8 Å². The van der Waals surface area contributed by atoms with Crippen molar-refractivity contribution in [2.24, 2.45) is 0 Å². The lowest BCUT2D eigenvalue weighted by Crippen LogP contribution is -2.22. The van der Waals surface area contributed by atoms with Gasteiger partial charge in [0, 0.05) is 4.90 Å². The van der Waals surface area contributed by atoms with Crippen LogP contribution in [-0.4, -0.2) is 25.4 Å². The quantitative estimate of drug-likeness (QED) is 0.809. The summed E-state index contributed by atoms with van der Waals surface area (Å²) in [5.74, 6) is 1.40. The number of carbonyl (C=O) groups is 1. The van der Waals surface area contributed by atoms with E-state index in [0.29, 0.717) is 11.4 Å². The number of aryl methyl sites for hydroxylation is 1. The molecule has 5 heteroatoms. The van der Waals surface area contributed by atoms with Gasteiger partial charge in [0.05, 0.1) is 25.2 Å². The van der Waals surface area contributed by atoms with E-state index in [1.165, 1.54) is 11.8 Å². The van der Waals surface area contributed by atoms with E-state index in [9.17, 15) is 4.79 Å². The molecule has 0 bridgehead atoms. The number of ether oxygens (including phenoxy) is 2. The molecule has 4 nitrogen and oxygen atoms in total. The van der Waals surface area contributed by atoms with Crippen molar-refractivity contribution in [1.82, 2.24) is 0 Å². The Labute approximate surface area is 141 Å². The van der Waals surface area contributed by atoms with Crippen LogP contribution in [0.2, 0.25) is 0 Å². The molecular weight excluding hydrogens is 310 g/mol. The summed E-state index contributed by atoms with van der Waals surface area (Å²) < 4.78 is 10.4. The Bertz CT molecular complexity index is 670. The molecule has 0 aliphatic carbocycles. The summed E-state index contributed by atoms with van der Waals surface area (Å²) >= 11 is 1.50. The van der Waals surface area contributed by atoms with E-state index in [-0.39, 0.29) is 11.2 Å². The summed E-state index contributed by atoms with van der Waals surface area (Å²) in [5.41, 5.74) is 1.76. The van der Waals surface area contributed by atoms with Crippen molar-refractivity contribution >= 4 is 23.4 Å². The maximum Gasteiger partial charge on any atom is 0.237 e. The van der Waals surface area contributed by atoms with Gasteiger partial charge in [-0.25, -0.2) is 0 Å². The molecule has 122 valence electrons. The van der Waals surface area contributed by atoms with Crippen LogP contribution in [0.1, 0.15) is 12.5 Å². The van der Waals surface area contributed by atoms with Crippen molar-refractivity contribution < 1.29 is 14.3 Å². The standard InChI is InChI=1S/C18H21NO3S/c1-12-5-10-17(22-4)16(11-12)19-18(20)13(2)23-15-8-6-14(21-3)7-9-15/h5-11,13H,1-4H3,(H,19,20). The Balaban J connectivity index is 2.03. The van der Waals surface area contributed by atoms with Gasteiger partial charge in [0.15, 0.2) is 0 Å². The molecule has 1 N–H and O–H groups in total. The van der Waals surface area contributed by atoms with E-state index >= 15 is 0 Å². The average Bonchev–Trinajstić information content (AvgIpc) is 2.55. The molecule has 0 aliphatic rings. The molecule has 1 amide bonds. The van der Waals surface area contributed by atoms with E-state index in [4.69, 9.17) is 9.47 Å². The summed E-state index contributed by atoms with van der Waals surface area (Å²) in [6.45, 7) is 3.86. The zero-order chi connectivity index (χ0) is 16.8. The van der Waals surface area contributed by atoms with Crippen LogP contribution in [0.4, 0.5) is 5.69 Å². The predicted octanol–water partition coefficient (Wildman–Crippen LogP) is 4.13. The summed E-state index contributed by atoms with van der Waals surface area (Å²) in [5, 5.41) is 2.71. The number of anilines is 1. The Morgan fingerprint density at radius 2 is 1.78 bits per heavy atom. The van der Waals surface area contributed by atoms with Crippen LogP contribution in [-0.2, 0) is 4.79 Å². The topological polar surface area (TPSA) is 47.6 Å². The largest absolute Gasteiger partial charge is 0.497 e. The highest BCUT2D eigenvalue weighted by Gasteiger charge is 2.16. The zero-order valence-corrected chi connectivity index (χ0v) is 14.6. The highest BCUT2D eigenvalue weighted by Crippen LogP contribution is 2.29. The number of hydrogen-bond donors (Lipinski definition) is 1. The molecule has 1 unspecified atom stereocenters. The van der Waals surface area contributed by atoms with Crippen molar-refractivity contribution in [3.05, 3.63) is 48.0 Å². The molecule has 23 heavy (non-hydrogen) atoms. The van der Waals surface area contributed by atoms with Gasteiger partial charge in [-0.2, -0.15) is 0 Å². The van der Waals surface area contributed by atoms with Gasteiger partial charge >= 0.3 is 0 Å². The second-order valence-electron chi connectivity index (χ2n) is 5.13. The molecule has 2 aromatic carbocycles. The fourth-order valence-electron chi connectivity index (χ4n) is 2.07. The first kappa shape index (κ1) is 17.2. The Hall–Kier alpha value is -2.14. The van der Waals surface area contributed by atoms with Crippen LogP contribution in [0.3, 0.4) is 0 Å². The van der Waals surface area contributed by atoms with E-state index in [1.807, 2.05) is 56.3 Å². The summed E-state index contributed by atoms with van der Waals surface area (Å²) in [6, 6.07) is 13.4. The van der Waals surface area contributed by atoms with Gasteiger partial charge in [0.25, 0.3) is 0 Å². The number of thioether (sulfide) groups is 1. The zero-order valence-electron chi connectivity index (χ0n) is 13.8. The number of amides is 1. The van der Waals surface area contributed by atoms with Gasteiger partial charge < -0.3 is 14.8 Å². The minimum Gasteiger partial charge on any atom is -0.497 e. The molecule has 0 aromatic heterocycles. The predicted molar refractivity (Wildman–Crippen MR) is 94.7 cm³/mol. The second kappa shape index (κ2) is 7.92. The number of methoxy groups -OCH3 is 2. The first-order valence-electron chi connectivity index (χ1n) is 7.29. The summed E-state index contributed by atoms with van der Waals surface area (Å²) in [6.07, 6.45) is 0. The van der Waals surface area contributed by atoms with Crippen LogP contribution in [0, 0.1) is 6.92 Å². The smallest absolute Gasteiger partial charge is 0.237 e. The van der Waals surface area contributed by atoms with Crippen molar-refractivity contribution in [2.75, 3.05) is 19.5 Å². The molecular formula is C18H21NO3S. The van der Waals surface area contributed by atoms with Gasteiger partial charge in [0.2, 0.25) is 5.91 Å². The molecule has 1 atom stereocenters. The summed E-state index contributed by atoms with van der Waals surface area (Å²) in [7, 11) is 3.23. The van der Waals surface area contributed by atoms with Gasteiger partial charge in [-0.1, -0.05) is 6.07 Å². The SMILES string of the molecule is COc1ccc(SC(C)C(=O)Nc2cc(C)ccc2OC)cc1. The first-order chi connectivity index (χ1) is 11.0. The van der Waals surface area contributed by atoms with Crippen LogP contribution < -0.4 is 14.8 Å². The second-order valence-corrected chi connectivity index (χ2v) is 6.54. The van der Waals surface area contributed by atoms with Crippen molar-refractivity contribution in [3.63, 3.8) is 0 Å². The van der Waals surface area contributed by atoms with E-state index in [2.05, 4.69) is 5.32 Å². The van der Waals surface area contributed by atoms with Gasteiger partial charge in [-0.05, 0) is 55.8 Å². The van der Waals surface area contributed by atoms with Crippen LogP contribution in [0.25, 0.3) is 0 Å². The lowest BCUT2D eigenvalue weighted by molar-refractivity contribution is -0.115. The third-order valence-electron chi connectivity index (χ3n) is 3.35. The molecule has 2 rings (SSSR count). The fraction of sp³-hybridized carbons (Fsp3) is 0.278. The van der Waals surface area contributed by atoms with Crippen LogP contribution in [0.5, 0.6) is 11.5 Å². The maximum atomic E-state index is 12.4. The number of carbonyl (C=O) groups excluding carboxylic acids is 1. The molecule has 0 fully saturated rings. The molecule has 2 aromatic rings. The average molecular weight is 331 g/mol. The normalized spacial score (nSPS) is 11.7. The van der Waals surface area contributed by atoms with Gasteiger partial charge in [-0.15, -0.1) is 11.8 Å². The Morgan fingerprint density at radius 3 is 2.39 bits per heavy atom. The first-order valence-corrected chi connectivity index (χ1v) is 8.17. The highest BCUT2D eigenvalue weighted by molar-refractivity contribution is 8.00. The Morgan fingerprint density at radius 1 is 1.09 bits per heavy atom. The van der Waals surface area contributed by atoms with Crippen molar-refractivity contribution in [3.8, 4) is 11.5 Å². The highest BCUT2D eigenvalue weighted by atomic mass is 32.2. The third-order valence-corrected chi connectivity index (χ3v) is 4.47. The molecule has 0 saturated carbocycles. The molecule has 0 aliphatic heterocycles. The van der Waals surface area contributed by atoms with E-state index < -0.39 is 0 Å². The number of nitrogens with one attached hydrogen (secondary N) is 1. The summed E-state index contributed by atoms with van der Waals surface area (Å²) in [4.78, 5) is 13.4. The van der Waals surface area contributed by atoms with E-state index in [1.54, 1.807) is 14.2 Å². The van der Waals surface area contributed by atoms with Crippen molar-refractivity contribution in [2.45, 2.75) is 24.0 Å². The van der Waals surface area contributed by atoms with E-state index in [0.717, 1.165) is 16.2 Å².